The smallest absolute Gasteiger partial charge is 0.00384 e. The zero-order chi connectivity index (χ0) is 10.3. The number of hydrogen-bond donors (Lipinski definition) is 1. The monoisotopic (exact) mass is 186 g/mol. The first-order valence-electron chi connectivity index (χ1n) is 5.55. The van der Waals surface area contributed by atoms with Crippen molar-refractivity contribution in [3.8, 4) is 0 Å². The molecule has 0 aromatic heterocycles. The van der Waals surface area contributed by atoms with E-state index in [1.54, 1.807) is 0 Å². The van der Waals surface area contributed by atoms with Gasteiger partial charge in [-0.2, -0.15) is 0 Å². The van der Waals surface area contributed by atoms with E-state index >= 15 is 0 Å². The molecule has 0 radical (unpaired) electrons. The quantitative estimate of drug-likeness (QED) is 0.659. The second-order valence-corrected chi connectivity index (χ2v) is 4.21. The highest BCUT2D eigenvalue weighted by atomic mass is 15.1. The molecule has 0 saturated carbocycles. The molecule has 0 aromatic rings. The number of rotatable bonds is 7. The first kappa shape index (κ1) is 12.9. The Bertz CT molecular complexity index is 113. The number of nitrogens with two attached hydrogens (primary N) is 1. The van der Waals surface area contributed by atoms with Gasteiger partial charge in [-0.15, -0.1) is 0 Å². The normalized spacial score (nSPS) is 14.1. The lowest BCUT2D eigenvalue weighted by atomic mass is 10.1. The molecule has 1 unspecified atom stereocenters. The van der Waals surface area contributed by atoms with Crippen molar-refractivity contribution in [2.24, 2.45) is 11.7 Å². The SMILES string of the molecule is CCN(CCCC(C)CN)C(C)C. The van der Waals surface area contributed by atoms with Crippen molar-refractivity contribution in [1.82, 2.24) is 4.90 Å². The van der Waals surface area contributed by atoms with Gasteiger partial charge in [-0.25, -0.2) is 0 Å². The van der Waals surface area contributed by atoms with Gasteiger partial charge in [0.2, 0.25) is 0 Å². The molecule has 0 aliphatic carbocycles. The molecule has 1 atom stereocenters. The predicted molar refractivity (Wildman–Crippen MR) is 59.8 cm³/mol. The summed E-state index contributed by atoms with van der Waals surface area (Å²) in [6.45, 7) is 12.2. The fourth-order valence-electron chi connectivity index (χ4n) is 1.54. The van der Waals surface area contributed by atoms with Crippen LogP contribution >= 0.6 is 0 Å². The van der Waals surface area contributed by atoms with Gasteiger partial charge in [0.05, 0.1) is 0 Å². The van der Waals surface area contributed by atoms with Crippen LogP contribution in [0.5, 0.6) is 0 Å². The minimum atomic E-state index is 0.679. The van der Waals surface area contributed by atoms with E-state index < -0.39 is 0 Å². The molecule has 0 aromatic carbocycles. The van der Waals surface area contributed by atoms with E-state index in [0.717, 1.165) is 13.1 Å². The van der Waals surface area contributed by atoms with E-state index in [-0.39, 0.29) is 0 Å². The maximum Gasteiger partial charge on any atom is 0.00384 e. The summed E-state index contributed by atoms with van der Waals surface area (Å²) in [5.74, 6) is 0.686. The average molecular weight is 186 g/mol. The molecule has 0 spiro atoms. The maximum atomic E-state index is 5.57. The lowest BCUT2D eigenvalue weighted by Gasteiger charge is -2.25. The van der Waals surface area contributed by atoms with Gasteiger partial charge >= 0.3 is 0 Å². The van der Waals surface area contributed by atoms with Crippen LogP contribution in [-0.4, -0.2) is 30.6 Å². The fourth-order valence-corrected chi connectivity index (χ4v) is 1.54. The number of nitrogens with zero attached hydrogens (tertiary/aromatic N) is 1. The van der Waals surface area contributed by atoms with Crippen molar-refractivity contribution < 1.29 is 0 Å². The summed E-state index contributed by atoms with van der Waals surface area (Å²) in [5, 5.41) is 0. The summed E-state index contributed by atoms with van der Waals surface area (Å²) in [6.07, 6.45) is 2.55. The molecule has 0 saturated heterocycles. The molecule has 0 rings (SSSR count). The summed E-state index contributed by atoms with van der Waals surface area (Å²) in [4.78, 5) is 2.50. The van der Waals surface area contributed by atoms with E-state index in [1.807, 2.05) is 0 Å². The van der Waals surface area contributed by atoms with Gasteiger partial charge in [0.1, 0.15) is 0 Å². The second kappa shape index (κ2) is 7.34. The Hall–Kier alpha value is -0.0800. The van der Waals surface area contributed by atoms with E-state index in [0.29, 0.717) is 12.0 Å². The van der Waals surface area contributed by atoms with Gasteiger partial charge in [0.25, 0.3) is 0 Å². The van der Waals surface area contributed by atoms with Crippen LogP contribution < -0.4 is 5.73 Å². The minimum absolute atomic E-state index is 0.679. The van der Waals surface area contributed by atoms with Crippen molar-refractivity contribution in [3.05, 3.63) is 0 Å². The zero-order valence-corrected chi connectivity index (χ0v) is 9.71. The molecule has 0 fully saturated rings. The molecule has 2 N–H and O–H groups in total. The van der Waals surface area contributed by atoms with Crippen molar-refractivity contribution in [2.45, 2.75) is 46.6 Å². The fraction of sp³-hybridized carbons (Fsp3) is 1.00. The first-order chi connectivity index (χ1) is 6.11. The minimum Gasteiger partial charge on any atom is -0.330 e. The third kappa shape index (κ3) is 6.05. The highest BCUT2D eigenvalue weighted by Crippen LogP contribution is 2.06. The van der Waals surface area contributed by atoms with Crippen LogP contribution in [-0.2, 0) is 0 Å². The Labute approximate surface area is 83.5 Å². The second-order valence-electron chi connectivity index (χ2n) is 4.21. The molecule has 0 bridgehead atoms. The Morgan fingerprint density at radius 2 is 1.85 bits per heavy atom. The van der Waals surface area contributed by atoms with Gasteiger partial charge in [0.15, 0.2) is 0 Å². The predicted octanol–water partition coefficient (Wildman–Crippen LogP) is 2.09. The first-order valence-corrected chi connectivity index (χ1v) is 5.55. The Morgan fingerprint density at radius 1 is 1.23 bits per heavy atom. The standard InChI is InChI=1S/C11H26N2/c1-5-13(10(2)3)8-6-7-11(4)9-12/h10-11H,5-9,12H2,1-4H3. The van der Waals surface area contributed by atoms with Crippen molar-refractivity contribution >= 4 is 0 Å². The van der Waals surface area contributed by atoms with Crippen molar-refractivity contribution in [3.63, 3.8) is 0 Å². The molecule has 0 aliphatic rings. The molecule has 2 heteroatoms. The van der Waals surface area contributed by atoms with Crippen molar-refractivity contribution in [2.75, 3.05) is 19.6 Å². The van der Waals surface area contributed by atoms with E-state index in [1.165, 1.54) is 19.4 Å². The van der Waals surface area contributed by atoms with Crippen LogP contribution in [0.2, 0.25) is 0 Å². The van der Waals surface area contributed by atoms with Crippen LogP contribution in [0, 0.1) is 5.92 Å². The summed E-state index contributed by atoms with van der Waals surface area (Å²) in [6, 6.07) is 0.679. The van der Waals surface area contributed by atoms with Gasteiger partial charge in [0, 0.05) is 6.04 Å². The van der Waals surface area contributed by atoms with Crippen LogP contribution in [0.3, 0.4) is 0 Å². The zero-order valence-electron chi connectivity index (χ0n) is 9.71. The van der Waals surface area contributed by atoms with Crippen LogP contribution in [0.15, 0.2) is 0 Å². The highest BCUT2D eigenvalue weighted by molar-refractivity contribution is 4.62. The van der Waals surface area contributed by atoms with E-state index in [9.17, 15) is 0 Å². The molecular formula is C11H26N2. The van der Waals surface area contributed by atoms with Gasteiger partial charge in [-0.1, -0.05) is 13.8 Å². The van der Waals surface area contributed by atoms with E-state index in [2.05, 4.69) is 32.6 Å². The Morgan fingerprint density at radius 3 is 2.23 bits per heavy atom. The van der Waals surface area contributed by atoms with E-state index in [4.69, 9.17) is 5.73 Å². The Kier molecular flexibility index (Phi) is 7.29. The summed E-state index contributed by atoms with van der Waals surface area (Å²) < 4.78 is 0. The van der Waals surface area contributed by atoms with Crippen LogP contribution in [0.25, 0.3) is 0 Å². The topological polar surface area (TPSA) is 29.3 Å². The third-order valence-corrected chi connectivity index (χ3v) is 2.68. The van der Waals surface area contributed by atoms with Gasteiger partial charge < -0.3 is 10.6 Å². The molecule has 13 heavy (non-hydrogen) atoms. The summed E-state index contributed by atoms with van der Waals surface area (Å²) in [7, 11) is 0. The highest BCUT2D eigenvalue weighted by Gasteiger charge is 2.06. The average Bonchev–Trinajstić information content (AvgIpc) is 2.11. The maximum absolute atomic E-state index is 5.57. The molecule has 80 valence electrons. The molecule has 2 nitrogen and oxygen atoms in total. The largest absolute Gasteiger partial charge is 0.330 e. The van der Waals surface area contributed by atoms with Crippen LogP contribution in [0.4, 0.5) is 0 Å². The number of hydrogen-bond acceptors (Lipinski definition) is 2. The molecule has 0 heterocycles. The lowest BCUT2D eigenvalue weighted by Crippen LogP contribution is -2.31. The summed E-state index contributed by atoms with van der Waals surface area (Å²) in [5.41, 5.74) is 5.57. The van der Waals surface area contributed by atoms with Crippen molar-refractivity contribution in [1.29, 1.82) is 0 Å². The molecular weight excluding hydrogens is 160 g/mol. The molecule has 0 amide bonds. The molecule has 0 aliphatic heterocycles. The Balaban J connectivity index is 3.49. The van der Waals surface area contributed by atoms with Gasteiger partial charge in [-0.05, 0) is 52.2 Å². The summed E-state index contributed by atoms with van der Waals surface area (Å²) >= 11 is 0. The van der Waals surface area contributed by atoms with Gasteiger partial charge in [-0.3, -0.25) is 0 Å². The lowest BCUT2D eigenvalue weighted by molar-refractivity contribution is 0.225. The van der Waals surface area contributed by atoms with Crippen LogP contribution in [0.1, 0.15) is 40.5 Å². The third-order valence-electron chi connectivity index (χ3n) is 2.68.